The zero-order valence-electron chi connectivity index (χ0n) is 31.4. The molecule has 4 heterocycles. The molecule has 0 bridgehead atoms. The van der Waals surface area contributed by atoms with Crippen molar-refractivity contribution in [2.75, 3.05) is 0 Å². The van der Waals surface area contributed by atoms with Crippen molar-refractivity contribution in [2.24, 2.45) is 0 Å². The normalized spacial score (nSPS) is 11.4. The molecule has 58 heavy (non-hydrogen) atoms. The molecule has 270 valence electrons. The highest BCUT2D eigenvalue weighted by atomic mass is 14.7. The van der Waals surface area contributed by atoms with Crippen LogP contribution in [-0.4, -0.2) is 19.9 Å². The third-order valence-electron chi connectivity index (χ3n) is 11.1. The summed E-state index contributed by atoms with van der Waals surface area (Å²) in [4.78, 5) is 19.6. The van der Waals surface area contributed by atoms with E-state index in [2.05, 4.69) is 193 Å². The highest BCUT2D eigenvalue weighted by Crippen LogP contribution is 2.36. The highest BCUT2D eigenvalue weighted by molar-refractivity contribution is 6.08. The Kier molecular flexibility index (Phi) is 8.11. The Labute approximate surface area is 335 Å². The summed E-state index contributed by atoms with van der Waals surface area (Å²) >= 11 is 0. The van der Waals surface area contributed by atoms with E-state index in [1.807, 2.05) is 18.5 Å². The van der Waals surface area contributed by atoms with Crippen molar-refractivity contribution in [3.8, 4) is 67.0 Å². The molecule has 7 aromatic carbocycles. The van der Waals surface area contributed by atoms with Crippen LogP contribution in [0.2, 0.25) is 0 Å². The minimum absolute atomic E-state index is 0.918. The standard InChI is InChI=1S/C54H34N4/c1-3-8-35(9-4-1)44-31-45(36-10-5-2-6-11-36)33-46(32-44)51-26-22-43-30-41(21-25-50(43)57-51)42-18-17-39-20-24-49(58-52(39)34-42)38-15-13-37(14-16-38)47-27-29-56-54-48(47)23-19-40-12-7-28-55-53(40)54/h1-34H. The zero-order chi connectivity index (χ0) is 38.4. The Hall–Kier alpha value is -7.82. The van der Waals surface area contributed by atoms with Crippen LogP contribution in [0.15, 0.2) is 207 Å². The number of pyridine rings is 4. The summed E-state index contributed by atoms with van der Waals surface area (Å²) < 4.78 is 0. The minimum Gasteiger partial charge on any atom is -0.254 e. The lowest BCUT2D eigenvalue weighted by atomic mass is 9.94. The van der Waals surface area contributed by atoms with Crippen LogP contribution in [0.1, 0.15) is 0 Å². The molecule has 4 nitrogen and oxygen atoms in total. The maximum absolute atomic E-state index is 5.18. The smallest absolute Gasteiger partial charge is 0.0970 e. The van der Waals surface area contributed by atoms with Gasteiger partial charge in [0.2, 0.25) is 0 Å². The molecule has 0 N–H and O–H groups in total. The Balaban J connectivity index is 0.897. The fraction of sp³-hybridized carbons (Fsp3) is 0. The van der Waals surface area contributed by atoms with Crippen molar-refractivity contribution >= 4 is 43.6 Å². The third kappa shape index (κ3) is 6.14. The first kappa shape index (κ1) is 33.5. The minimum atomic E-state index is 0.918. The molecule has 0 atom stereocenters. The average Bonchev–Trinajstić information content (AvgIpc) is 3.31. The summed E-state index contributed by atoms with van der Waals surface area (Å²) in [6, 6.07) is 68.6. The van der Waals surface area contributed by atoms with Gasteiger partial charge < -0.3 is 0 Å². The predicted octanol–water partition coefficient (Wildman–Crippen LogP) is 13.9. The Morgan fingerprint density at radius 2 is 0.862 bits per heavy atom. The molecule has 0 saturated heterocycles. The van der Waals surface area contributed by atoms with Crippen LogP contribution in [-0.2, 0) is 0 Å². The number of rotatable bonds is 6. The van der Waals surface area contributed by atoms with Gasteiger partial charge in [-0.15, -0.1) is 0 Å². The molecule has 0 radical (unpaired) electrons. The lowest BCUT2D eigenvalue weighted by molar-refractivity contribution is 1.37. The second kappa shape index (κ2) is 14.0. The lowest BCUT2D eigenvalue weighted by Crippen LogP contribution is -1.90. The number of hydrogen-bond donors (Lipinski definition) is 0. The number of benzene rings is 7. The second-order valence-corrected chi connectivity index (χ2v) is 14.7. The fourth-order valence-electron chi connectivity index (χ4n) is 8.12. The number of nitrogens with zero attached hydrogens (tertiary/aromatic N) is 4. The molecular formula is C54H34N4. The maximum atomic E-state index is 5.18. The first-order chi connectivity index (χ1) is 28.7. The number of hydrogen-bond acceptors (Lipinski definition) is 4. The van der Waals surface area contributed by atoms with E-state index in [9.17, 15) is 0 Å². The van der Waals surface area contributed by atoms with Gasteiger partial charge in [0.25, 0.3) is 0 Å². The highest BCUT2D eigenvalue weighted by Gasteiger charge is 2.12. The number of fused-ring (bicyclic) bond motifs is 5. The molecule has 4 heteroatoms. The molecule has 0 spiro atoms. The van der Waals surface area contributed by atoms with Crippen LogP contribution in [0.3, 0.4) is 0 Å². The zero-order valence-corrected chi connectivity index (χ0v) is 31.4. The van der Waals surface area contributed by atoms with Crippen molar-refractivity contribution in [2.45, 2.75) is 0 Å². The third-order valence-corrected chi connectivity index (χ3v) is 11.1. The molecule has 11 rings (SSSR count). The van der Waals surface area contributed by atoms with Gasteiger partial charge in [-0.25, -0.2) is 9.97 Å². The van der Waals surface area contributed by atoms with Crippen molar-refractivity contribution in [1.29, 1.82) is 0 Å². The molecule has 11 aromatic rings. The topological polar surface area (TPSA) is 51.6 Å². The van der Waals surface area contributed by atoms with E-state index in [4.69, 9.17) is 15.0 Å². The summed E-state index contributed by atoms with van der Waals surface area (Å²) in [6.45, 7) is 0. The summed E-state index contributed by atoms with van der Waals surface area (Å²) in [5.74, 6) is 0. The first-order valence-corrected chi connectivity index (χ1v) is 19.5. The monoisotopic (exact) mass is 738 g/mol. The fourth-order valence-corrected chi connectivity index (χ4v) is 8.12. The van der Waals surface area contributed by atoms with Crippen LogP contribution >= 0.6 is 0 Å². The van der Waals surface area contributed by atoms with Gasteiger partial charge >= 0.3 is 0 Å². The van der Waals surface area contributed by atoms with Gasteiger partial charge in [0.1, 0.15) is 0 Å². The molecular weight excluding hydrogens is 705 g/mol. The van der Waals surface area contributed by atoms with Gasteiger partial charge in [-0.2, -0.15) is 0 Å². The van der Waals surface area contributed by atoms with Crippen LogP contribution in [0.5, 0.6) is 0 Å². The van der Waals surface area contributed by atoms with Crippen LogP contribution in [0, 0.1) is 0 Å². The van der Waals surface area contributed by atoms with Gasteiger partial charge in [0, 0.05) is 45.1 Å². The molecule has 0 unspecified atom stereocenters. The van der Waals surface area contributed by atoms with Crippen LogP contribution in [0.4, 0.5) is 0 Å². The van der Waals surface area contributed by atoms with Gasteiger partial charge in [-0.3, -0.25) is 9.97 Å². The van der Waals surface area contributed by atoms with Crippen molar-refractivity contribution in [3.63, 3.8) is 0 Å². The molecule has 0 amide bonds. The SMILES string of the molecule is c1ccc(-c2cc(-c3ccccc3)cc(-c3ccc4cc(-c5ccc6ccc(-c7ccc(-c8ccnc9c8ccc8cccnc89)cc7)nc6c5)ccc4n3)c2)cc1. The second-order valence-electron chi connectivity index (χ2n) is 14.7. The van der Waals surface area contributed by atoms with E-state index in [0.29, 0.717) is 0 Å². The Morgan fingerprint density at radius 3 is 1.64 bits per heavy atom. The van der Waals surface area contributed by atoms with Crippen molar-refractivity contribution in [3.05, 3.63) is 207 Å². The van der Waals surface area contributed by atoms with E-state index in [1.54, 1.807) is 0 Å². The largest absolute Gasteiger partial charge is 0.254 e. The maximum Gasteiger partial charge on any atom is 0.0970 e. The molecule has 0 aliphatic carbocycles. The summed E-state index contributed by atoms with van der Waals surface area (Å²) in [7, 11) is 0. The Bertz CT molecular complexity index is 3260. The van der Waals surface area contributed by atoms with E-state index in [0.717, 1.165) is 88.4 Å². The van der Waals surface area contributed by atoms with Crippen LogP contribution in [0.25, 0.3) is 111 Å². The molecule has 4 aromatic heterocycles. The predicted molar refractivity (Wildman–Crippen MR) is 240 cm³/mol. The van der Waals surface area contributed by atoms with Gasteiger partial charge in [-0.1, -0.05) is 133 Å². The molecule has 0 aliphatic rings. The summed E-state index contributed by atoms with van der Waals surface area (Å²) in [6.07, 6.45) is 3.70. The molecule has 0 fully saturated rings. The average molecular weight is 739 g/mol. The van der Waals surface area contributed by atoms with E-state index in [-0.39, 0.29) is 0 Å². The van der Waals surface area contributed by atoms with Crippen molar-refractivity contribution in [1.82, 2.24) is 19.9 Å². The Morgan fingerprint density at radius 1 is 0.276 bits per heavy atom. The summed E-state index contributed by atoms with van der Waals surface area (Å²) in [5.41, 5.74) is 17.0. The number of aromatic nitrogens is 4. The molecule has 0 aliphatic heterocycles. The molecule has 0 saturated carbocycles. The summed E-state index contributed by atoms with van der Waals surface area (Å²) in [5, 5.41) is 4.38. The van der Waals surface area contributed by atoms with Gasteiger partial charge in [-0.05, 0) is 105 Å². The van der Waals surface area contributed by atoms with E-state index >= 15 is 0 Å². The van der Waals surface area contributed by atoms with Gasteiger partial charge in [0.05, 0.1) is 33.5 Å². The first-order valence-electron chi connectivity index (χ1n) is 19.5. The van der Waals surface area contributed by atoms with Crippen LogP contribution < -0.4 is 0 Å². The quantitative estimate of drug-likeness (QED) is 0.159. The van der Waals surface area contributed by atoms with Gasteiger partial charge in [0.15, 0.2) is 0 Å². The lowest BCUT2D eigenvalue weighted by Gasteiger charge is -2.12. The van der Waals surface area contributed by atoms with Crippen molar-refractivity contribution < 1.29 is 0 Å². The van der Waals surface area contributed by atoms with E-state index in [1.165, 1.54) is 22.3 Å². The van der Waals surface area contributed by atoms with E-state index < -0.39 is 0 Å².